The summed E-state index contributed by atoms with van der Waals surface area (Å²) in [5.74, 6) is 0.211. The molecule has 1 nitrogen and oxygen atoms in total. The van der Waals surface area contributed by atoms with Crippen molar-refractivity contribution in [1.29, 1.82) is 0 Å². The Morgan fingerprint density at radius 2 is 2.20 bits per heavy atom. The summed E-state index contributed by atoms with van der Waals surface area (Å²) in [6, 6.07) is 5.10. The highest BCUT2D eigenvalue weighted by Gasteiger charge is 1.99. The Hall–Kier alpha value is 0.140. The van der Waals surface area contributed by atoms with Gasteiger partial charge in [-0.2, -0.15) is 0 Å². The monoisotopic (exact) mass is 238 g/mol. The van der Waals surface area contributed by atoms with Crippen LogP contribution >= 0.6 is 37.6 Å². The summed E-state index contributed by atoms with van der Waals surface area (Å²) in [7, 11) is 6.44. The van der Waals surface area contributed by atoms with Crippen LogP contribution in [0.5, 0.6) is 5.75 Å². The fraction of sp³-hybridized carbons (Fsp3) is 0. The minimum atomic E-state index is 0.211. The summed E-state index contributed by atoms with van der Waals surface area (Å²) in [6.07, 6.45) is 0. The summed E-state index contributed by atoms with van der Waals surface area (Å²) in [5.41, 5.74) is 0. The second-order valence-corrected chi connectivity index (χ2v) is 3.66. The minimum Gasteiger partial charge on any atom is -0.507 e. The lowest BCUT2D eigenvalue weighted by Gasteiger charge is -1.97. The van der Waals surface area contributed by atoms with Crippen LogP contribution < -0.4 is 0 Å². The zero-order valence-corrected chi connectivity index (χ0v) is 8.00. The van der Waals surface area contributed by atoms with E-state index >= 15 is 0 Å². The first-order chi connectivity index (χ1) is 4.74. The molecule has 4 heteroatoms. The Morgan fingerprint density at radius 3 is 2.70 bits per heavy atom. The minimum absolute atomic E-state index is 0.211. The predicted octanol–water partition coefficient (Wildman–Crippen LogP) is 3.40. The van der Waals surface area contributed by atoms with Crippen molar-refractivity contribution in [3.05, 3.63) is 22.7 Å². The van der Waals surface area contributed by atoms with Crippen molar-refractivity contribution in [2.45, 2.75) is 4.90 Å². The SMILES string of the molecule is Oc1ccc(Br)cc1SCl. The first-order valence-electron chi connectivity index (χ1n) is 2.51. The van der Waals surface area contributed by atoms with E-state index in [-0.39, 0.29) is 5.75 Å². The Balaban J connectivity index is 3.09. The molecule has 0 bridgehead atoms. The molecule has 0 spiro atoms. The molecule has 0 radical (unpaired) electrons. The summed E-state index contributed by atoms with van der Waals surface area (Å²) < 4.78 is 0.911. The summed E-state index contributed by atoms with van der Waals surface area (Å²) in [4.78, 5) is 0.663. The molecule has 1 N–H and O–H groups in total. The lowest BCUT2D eigenvalue weighted by atomic mass is 10.3. The average Bonchev–Trinajstić information content (AvgIpc) is 1.94. The lowest BCUT2D eigenvalue weighted by Crippen LogP contribution is -1.69. The van der Waals surface area contributed by atoms with Crippen molar-refractivity contribution in [2.75, 3.05) is 0 Å². The van der Waals surface area contributed by atoms with Crippen molar-refractivity contribution >= 4 is 37.6 Å². The van der Waals surface area contributed by atoms with Gasteiger partial charge in [0, 0.05) is 4.47 Å². The molecule has 0 aliphatic carbocycles. The summed E-state index contributed by atoms with van der Waals surface area (Å²) >= 11 is 3.25. The molecule has 0 aliphatic heterocycles. The molecule has 0 aliphatic rings. The van der Waals surface area contributed by atoms with Crippen molar-refractivity contribution in [2.24, 2.45) is 0 Å². The molecule has 1 aromatic carbocycles. The molecule has 0 aromatic heterocycles. The molecule has 0 heterocycles. The number of hydrogen-bond donors (Lipinski definition) is 1. The molecule has 0 saturated heterocycles. The second kappa shape index (κ2) is 3.51. The van der Waals surface area contributed by atoms with Crippen LogP contribution in [-0.2, 0) is 0 Å². The van der Waals surface area contributed by atoms with Gasteiger partial charge < -0.3 is 5.11 Å². The van der Waals surface area contributed by atoms with E-state index in [1.54, 1.807) is 18.2 Å². The van der Waals surface area contributed by atoms with Crippen LogP contribution in [0.4, 0.5) is 0 Å². The van der Waals surface area contributed by atoms with E-state index in [1.165, 1.54) is 0 Å². The van der Waals surface area contributed by atoms with E-state index in [0.717, 1.165) is 15.4 Å². The maximum absolute atomic E-state index is 9.11. The van der Waals surface area contributed by atoms with E-state index in [9.17, 15) is 0 Å². The maximum Gasteiger partial charge on any atom is 0.130 e. The van der Waals surface area contributed by atoms with E-state index in [2.05, 4.69) is 15.9 Å². The van der Waals surface area contributed by atoms with Crippen molar-refractivity contribution in [3.8, 4) is 5.75 Å². The number of benzene rings is 1. The van der Waals surface area contributed by atoms with Gasteiger partial charge in [-0.15, -0.1) is 0 Å². The van der Waals surface area contributed by atoms with E-state index < -0.39 is 0 Å². The molecule has 0 atom stereocenters. The quantitative estimate of drug-likeness (QED) is 0.810. The maximum atomic E-state index is 9.11. The molecule has 10 heavy (non-hydrogen) atoms. The van der Waals surface area contributed by atoms with Gasteiger partial charge in [-0.05, 0) is 39.9 Å². The van der Waals surface area contributed by atoms with Gasteiger partial charge in [0.1, 0.15) is 5.75 Å². The van der Waals surface area contributed by atoms with Crippen LogP contribution in [0.1, 0.15) is 0 Å². The third-order valence-corrected chi connectivity index (χ3v) is 2.49. The highest BCUT2D eigenvalue weighted by Crippen LogP contribution is 2.32. The van der Waals surface area contributed by atoms with Gasteiger partial charge in [-0.25, -0.2) is 0 Å². The first-order valence-corrected chi connectivity index (χ1v) is 4.94. The molecular formula is C6H4BrClOS. The lowest BCUT2D eigenvalue weighted by molar-refractivity contribution is 0.462. The van der Waals surface area contributed by atoms with Crippen LogP contribution in [0.25, 0.3) is 0 Å². The summed E-state index contributed by atoms with van der Waals surface area (Å²) in [6.45, 7) is 0. The molecule has 0 amide bonds. The van der Waals surface area contributed by atoms with Crippen molar-refractivity contribution < 1.29 is 5.11 Å². The van der Waals surface area contributed by atoms with Crippen LogP contribution in [0.15, 0.2) is 27.6 Å². The van der Waals surface area contributed by atoms with Crippen LogP contribution in [-0.4, -0.2) is 5.11 Å². The smallest absolute Gasteiger partial charge is 0.130 e. The Bertz CT molecular complexity index is 241. The standard InChI is InChI=1S/C6H4BrClOS/c7-4-1-2-5(9)6(3-4)10-8/h1-3,9H. The van der Waals surface area contributed by atoms with Gasteiger partial charge in [-0.3, -0.25) is 0 Å². The Kier molecular flexibility index (Phi) is 2.89. The first kappa shape index (κ1) is 8.24. The van der Waals surface area contributed by atoms with Gasteiger partial charge in [0.05, 0.1) is 4.90 Å². The van der Waals surface area contributed by atoms with E-state index in [4.69, 9.17) is 15.8 Å². The highest BCUT2D eigenvalue weighted by atomic mass is 79.9. The Labute approximate surface area is 76.0 Å². The number of hydrogen-bond acceptors (Lipinski definition) is 2. The number of aromatic hydroxyl groups is 1. The van der Waals surface area contributed by atoms with E-state index in [0.29, 0.717) is 4.90 Å². The molecule has 0 saturated carbocycles. The zero-order valence-electron chi connectivity index (χ0n) is 4.84. The van der Waals surface area contributed by atoms with Gasteiger partial charge in [0.15, 0.2) is 0 Å². The van der Waals surface area contributed by atoms with Crippen LogP contribution in [0, 0.1) is 0 Å². The molecule has 0 fully saturated rings. The summed E-state index contributed by atoms with van der Waals surface area (Å²) in [5, 5.41) is 9.11. The van der Waals surface area contributed by atoms with Gasteiger partial charge in [-0.1, -0.05) is 15.9 Å². The fourth-order valence-corrected chi connectivity index (χ4v) is 1.75. The topological polar surface area (TPSA) is 20.2 Å². The van der Waals surface area contributed by atoms with Crippen LogP contribution in [0.3, 0.4) is 0 Å². The zero-order chi connectivity index (χ0) is 7.56. The second-order valence-electron chi connectivity index (χ2n) is 1.69. The predicted molar refractivity (Wildman–Crippen MR) is 47.5 cm³/mol. The van der Waals surface area contributed by atoms with Crippen molar-refractivity contribution in [3.63, 3.8) is 0 Å². The number of rotatable bonds is 1. The normalized spacial score (nSPS) is 9.80. The molecule has 0 unspecified atom stereocenters. The molecule has 1 aromatic rings. The average molecular weight is 240 g/mol. The number of phenolic OH excluding ortho intramolecular Hbond substituents is 1. The van der Waals surface area contributed by atoms with Gasteiger partial charge in [0.25, 0.3) is 0 Å². The highest BCUT2D eigenvalue weighted by molar-refractivity contribution is 9.10. The van der Waals surface area contributed by atoms with E-state index in [1.807, 2.05) is 0 Å². The van der Waals surface area contributed by atoms with Gasteiger partial charge in [0.2, 0.25) is 0 Å². The third-order valence-electron chi connectivity index (χ3n) is 1.00. The van der Waals surface area contributed by atoms with Gasteiger partial charge >= 0.3 is 0 Å². The number of halogens is 2. The van der Waals surface area contributed by atoms with Crippen LogP contribution in [0.2, 0.25) is 0 Å². The number of phenols is 1. The third kappa shape index (κ3) is 1.81. The molecule has 1 rings (SSSR count). The van der Waals surface area contributed by atoms with Crippen molar-refractivity contribution in [1.82, 2.24) is 0 Å². The molecular weight excluding hydrogens is 235 g/mol. The Morgan fingerprint density at radius 1 is 1.50 bits per heavy atom. The fourth-order valence-electron chi connectivity index (χ4n) is 0.550. The molecule has 54 valence electrons. The largest absolute Gasteiger partial charge is 0.507 e.